The molecule has 3 aromatic carbocycles. The molecule has 4 rings (SSSR count). The van der Waals surface area contributed by atoms with Gasteiger partial charge in [-0.05, 0) is 47.9 Å². The predicted octanol–water partition coefficient (Wildman–Crippen LogP) is 5.27. The Bertz CT molecular complexity index is 1050. The van der Waals surface area contributed by atoms with Crippen LogP contribution in [0.15, 0.2) is 89.9 Å². The Morgan fingerprint density at radius 1 is 0.897 bits per heavy atom. The molecule has 6 heteroatoms. The molecule has 0 aliphatic heterocycles. The lowest BCUT2D eigenvalue weighted by Gasteiger charge is -2.25. The van der Waals surface area contributed by atoms with Crippen molar-refractivity contribution in [2.24, 2.45) is 0 Å². The van der Waals surface area contributed by atoms with Crippen molar-refractivity contribution in [2.45, 2.75) is 13.2 Å². The molecule has 0 saturated carbocycles. The van der Waals surface area contributed by atoms with E-state index in [4.69, 9.17) is 4.74 Å². The molecule has 0 aliphatic carbocycles. The number of anilines is 1. The third kappa shape index (κ3) is 4.84. The number of halogens is 1. The van der Waals surface area contributed by atoms with Crippen LogP contribution in [0.4, 0.5) is 5.69 Å². The maximum Gasteiger partial charge on any atom is 0.139 e. The quantitative estimate of drug-likeness (QED) is 0.386. The molecule has 0 aliphatic rings. The molecule has 5 nitrogen and oxygen atoms in total. The largest absolute Gasteiger partial charge is 0.489 e. The molecule has 1 aromatic heterocycles. The molecule has 1 radical (unpaired) electrons. The standard InChI is InChI=1S/C23H20BrN4O/c1-18-7-10-21(13-23(18)24)28(27-16-25-26-17-27)14-19-8-11-22(12-9-19)29-15-20-5-3-2-4-6-20/h2-13,16-17H,1,14-15H2. The summed E-state index contributed by atoms with van der Waals surface area (Å²) in [6.45, 7) is 5.21. The van der Waals surface area contributed by atoms with Crippen LogP contribution in [0.5, 0.6) is 5.75 Å². The molecule has 0 fully saturated rings. The Kier molecular flexibility index (Phi) is 5.91. The lowest BCUT2D eigenvalue weighted by molar-refractivity contribution is 0.306. The van der Waals surface area contributed by atoms with Crippen LogP contribution in [0.2, 0.25) is 0 Å². The molecule has 145 valence electrons. The van der Waals surface area contributed by atoms with E-state index in [1.54, 1.807) is 12.7 Å². The van der Waals surface area contributed by atoms with Crippen molar-refractivity contribution in [3.63, 3.8) is 0 Å². The normalized spacial score (nSPS) is 10.7. The summed E-state index contributed by atoms with van der Waals surface area (Å²) in [5.41, 5.74) is 4.24. The molecule has 0 bridgehead atoms. The number of hydrogen-bond acceptors (Lipinski definition) is 4. The topological polar surface area (TPSA) is 43.2 Å². The van der Waals surface area contributed by atoms with E-state index in [2.05, 4.69) is 62.3 Å². The molecule has 1 heterocycles. The summed E-state index contributed by atoms with van der Waals surface area (Å²) < 4.78 is 8.71. The molecule has 29 heavy (non-hydrogen) atoms. The molecule has 0 amide bonds. The lowest BCUT2D eigenvalue weighted by atomic mass is 10.2. The van der Waals surface area contributed by atoms with Crippen molar-refractivity contribution in [3.05, 3.63) is 114 Å². The van der Waals surface area contributed by atoms with Crippen molar-refractivity contribution in [3.8, 4) is 5.75 Å². The van der Waals surface area contributed by atoms with Crippen molar-refractivity contribution in [1.82, 2.24) is 14.9 Å². The van der Waals surface area contributed by atoms with Gasteiger partial charge in [0.05, 0.1) is 12.2 Å². The zero-order valence-electron chi connectivity index (χ0n) is 15.8. The average molecular weight is 448 g/mol. The van der Waals surface area contributed by atoms with Crippen molar-refractivity contribution in [2.75, 3.05) is 5.01 Å². The highest BCUT2D eigenvalue weighted by atomic mass is 79.9. The molecule has 4 aromatic rings. The van der Waals surface area contributed by atoms with E-state index in [0.717, 1.165) is 32.6 Å². The summed E-state index contributed by atoms with van der Waals surface area (Å²) in [6, 6.07) is 24.3. The molecule has 0 N–H and O–H groups in total. The van der Waals surface area contributed by atoms with Crippen molar-refractivity contribution in [1.29, 1.82) is 0 Å². The SMILES string of the molecule is [CH2]c1ccc(N(Cc2ccc(OCc3ccccc3)cc2)n2cnnc2)cc1Br. The second kappa shape index (κ2) is 8.92. The predicted molar refractivity (Wildman–Crippen MR) is 117 cm³/mol. The second-order valence-electron chi connectivity index (χ2n) is 6.59. The van der Waals surface area contributed by atoms with Gasteiger partial charge < -0.3 is 4.74 Å². The Morgan fingerprint density at radius 2 is 1.62 bits per heavy atom. The van der Waals surface area contributed by atoms with E-state index in [-0.39, 0.29) is 0 Å². The van der Waals surface area contributed by atoms with Gasteiger partial charge in [-0.15, -0.1) is 10.2 Å². The fourth-order valence-electron chi connectivity index (χ4n) is 2.93. The molecular formula is C23H20BrN4O. The van der Waals surface area contributed by atoms with Gasteiger partial charge in [0.25, 0.3) is 0 Å². The van der Waals surface area contributed by atoms with E-state index in [0.29, 0.717) is 13.2 Å². The first-order valence-electron chi connectivity index (χ1n) is 9.19. The molecule has 0 saturated heterocycles. The minimum absolute atomic E-state index is 0.554. The third-order valence-electron chi connectivity index (χ3n) is 4.52. The molecule has 0 unspecified atom stereocenters. The number of aromatic nitrogens is 3. The van der Waals surface area contributed by atoms with Crippen LogP contribution in [0.25, 0.3) is 0 Å². The number of benzene rings is 3. The number of hydrogen-bond donors (Lipinski definition) is 0. The Balaban J connectivity index is 1.49. The first-order valence-corrected chi connectivity index (χ1v) is 9.98. The van der Waals surface area contributed by atoms with E-state index in [9.17, 15) is 0 Å². The van der Waals surface area contributed by atoms with Crippen molar-refractivity contribution >= 4 is 21.6 Å². The fourth-order valence-corrected chi connectivity index (χ4v) is 3.29. The first-order chi connectivity index (χ1) is 14.2. The minimum atomic E-state index is 0.554. The summed E-state index contributed by atoms with van der Waals surface area (Å²) in [7, 11) is 0. The van der Waals surface area contributed by atoms with Gasteiger partial charge in [-0.1, -0.05) is 64.5 Å². The highest BCUT2D eigenvalue weighted by Gasteiger charge is 2.11. The van der Waals surface area contributed by atoms with Crippen LogP contribution in [-0.4, -0.2) is 14.9 Å². The summed E-state index contributed by atoms with van der Waals surface area (Å²) >= 11 is 3.56. The van der Waals surface area contributed by atoms with Gasteiger partial charge in [0, 0.05) is 4.47 Å². The van der Waals surface area contributed by atoms with Gasteiger partial charge in [0.1, 0.15) is 25.0 Å². The van der Waals surface area contributed by atoms with Gasteiger partial charge >= 0.3 is 0 Å². The summed E-state index contributed by atoms with van der Waals surface area (Å²) in [5.74, 6) is 0.845. The number of rotatable bonds is 7. The van der Waals surface area contributed by atoms with Gasteiger partial charge in [-0.3, -0.25) is 5.01 Å². The Hall–Kier alpha value is -3.12. The highest BCUT2D eigenvalue weighted by molar-refractivity contribution is 9.10. The average Bonchev–Trinajstić information content (AvgIpc) is 3.29. The van der Waals surface area contributed by atoms with Crippen LogP contribution in [0, 0.1) is 6.92 Å². The summed E-state index contributed by atoms with van der Waals surface area (Å²) in [5, 5.41) is 9.98. The van der Waals surface area contributed by atoms with Gasteiger partial charge in [-0.2, -0.15) is 0 Å². The van der Waals surface area contributed by atoms with E-state index in [1.165, 1.54) is 0 Å². The monoisotopic (exact) mass is 447 g/mol. The zero-order valence-corrected chi connectivity index (χ0v) is 17.4. The number of nitrogens with zero attached hydrogens (tertiary/aromatic N) is 4. The van der Waals surface area contributed by atoms with Gasteiger partial charge in [-0.25, -0.2) is 4.68 Å². The third-order valence-corrected chi connectivity index (χ3v) is 5.26. The Labute approximate surface area is 178 Å². The molecule has 0 spiro atoms. The van der Waals surface area contributed by atoms with Crippen LogP contribution in [0.3, 0.4) is 0 Å². The van der Waals surface area contributed by atoms with Crippen molar-refractivity contribution < 1.29 is 4.74 Å². The van der Waals surface area contributed by atoms with Crippen LogP contribution in [0.1, 0.15) is 16.7 Å². The van der Waals surface area contributed by atoms with E-state index >= 15 is 0 Å². The fraction of sp³-hybridized carbons (Fsp3) is 0.0870. The Morgan fingerprint density at radius 3 is 2.31 bits per heavy atom. The summed E-state index contributed by atoms with van der Waals surface area (Å²) in [4.78, 5) is 0. The van der Waals surface area contributed by atoms with Crippen LogP contribution >= 0.6 is 15.9 Å². The van der Waals surface area contributed by atoms with E-state index in [1.807, 2.05) is 53.2 Å². The lowest BCUT2D eigenvalue weighted by Crippen LogP contribution is -2.27. The smallest absolute Gasteiger partial charge is 0.139 e. The molecular weight excluding hydrogens is 428 g/mol. The van der Waals surface area contributed by atoms with Crippen LogP contribution in [-0.2, 0) is 13.2 Å². The van der Waals surface area contributed by atoms with Crippen LogP contribution < -0.4 is 9.75 Å². The van der Waals surface area contributed by atoms with Gasteiger partial charge in [0.2, 0.25) is 0 Å². The summed E-state index contributed by atoms with van der Waals surface area (Å²) in [6.07, 6.45) is 3.37. The minimum Gasteiger partial charge on any atom is -0.489 e. The molecule has 0 atom stereocenters. The zero-order chi connectivity index (χ0) is 20.1. The first kappa shape index (κ1) is 19.2. The number of ether oxygens (including phenoxy) is 1. The maximum absolute atomic E-state index is 5.89. The second-order valence-corrected chi connectivity index (χ2v) is 7.45. The van der Waals surface area contributed by atoms with E-state index < -0.39 is 0 Å². The highest BCUT2D eigenvalue weighted by Crippen LogP contribution is 2.26. The van der Waals surface area contributed by atoms with Gasteiger partial charge in [0.15, 0.2) is 0 Å². The maximum atomic E-state index is 5.89.